The van der Waals surface area contributed by atoms with Crippen LogP contribution in [0.5, 0.6) is 0 Å². The smallest absolute Gasteiger partial charge is 0.282 e. The molecule has 0 saturated carbocycles. The molecule has 0 radical (unpaired) electrons. The van der Waals surface area contributed by atoms with Crippen LogP contribution in [-0.4, -0.2) is 19.5 Å². The van der Waals surface area contributed by atoms with Gasteiger partial charge in [0.2, 0.25) is 5.82 Å². The zero-order valence-electron chi connectivity index (χ0n) is 9.71. The first-order valence-corrected chi connectivity index (χ1v) is 6.25. The van der Waals surface area contributed by atoms with E-state index >= 15 is 0 Å². The van der Waals surface area contributed by atoms with E-state index in [1.165, 1.54) is 12.3 Å². The van der Waals surface area contributed by atoms with Crippen molar-refractivity contribution in [1.82, 2.24) is 14.5 Å². The van der Waals surface area contributed by atoms with Gasteiger partial charge in [-0.15, -0.1) is 0 Å². The minimum Gasteiger partial charge on any atom is -0.282 e. The third kappa shape index (κ3) is 2.40. The minimum absolute atomic E-state index is 0.0419. The average Bonchev–Trinajstić information content (AvgIpc) is 2.77. The third-order valence-electron chi connectivity index (χ3n) is 2.43. The van der Waals surface area contributed by atoms with Crippen molar-refractivity contribution >= 4 is 21.6 Å². The number of pyridine rings is 1. The minimum atomic E-state index is -0.442. The summed E-state index contributed by atoms with van der Waals surface area (Å²) in [6.07, 6.45) is 6.52. The SMILES string of the molecule is CCCc1nccn1-c1ncc(Br)cc1[N+](=O)[O-]. The molecule has 0 fully saturated rings. The Kier molecular flexibility index (Phi) is 3.71. The van der Waals surface area contributed by atoms with Crippen molar-refractivity contribution in [2.75, 3.05) is 0 Å². The first-order chi connectivity index (χ1) is 8.63. The molecule has 0 saturated heterocycles. The molecule has 0 aliphatic rings. The number of rotatable bonds is 4. The third-order valence-corrected chi connectivity index (χ3v) is 2.86. The first kappa shape index (κ1) is 12.7. The van der Waals surface area contributed by atoms with Gasteiger partial charge in [0.15, 0.2) is 0 Å². The van der Waals surface area contributed by atoms with E-state index in [0.29, 0.717) is 10.3 Å². The van der Waals surface area contributed by atoms with E-state index in [1.54, 1.807) is 17.0 Å². The van der Waals surface area contributed by atoms with Gasteiger partial charge in [-0.05, 0) is 22.4 Å². The highest BCUT2D eigenvalue weighted by molar-refractivity contribution is 9.10. The predicted octanol–water partition coefficient (Wildman–Crippen LogP) is 2.89. The van der Waals surface area contributed by atoms with Gasteiger partial charge >= 0.3 is 5.69 Å². The van der Waals surface area contributed by atoms with E-state index < -0.39 is 4.92 Å². The summed E-state index contributed by atoms with van der Waals surface area (Å²) in [5.41, 5.74) is -0.0419. The zero-order chi connectivity index (χ0) is 13.1. The molecule has 2 aromatic heterocycles. The molecule has 0 aromatic carbocycles. The fourth-order valence-electron chi connectivity index (χ4n) is 1.68. The Bertz CT molecular complexity index is 582. The highest BCUT2D eigenvalue weighted by Crippen LogP contribution is 2.25. The van der Waals surface area contributed by atoms with Crippen LogP contribution in [0.2, 0.25) is 0 Å². The normalized spacial score (nSPS) is 10.6. The summed E-state index contributed by atoms with van der Waals surface area (Å²) >= 11 is 3.19. The summed E-state index contributed by atoms with van der Waals surface area (Å²) in [5, 5.41) is 11.0. The van der Waals surface area contributed by atoms with Gasteiger partial charge in [0.25, 0.3) is 0 Å². The van der Waals surface area contributed by atoms with Crippen LogP contribution in [0.25, 0.3) is 5.82 Å². The number of halogens is 1. The van der Waals surface area contributed by atoms with Gasteiger partial charge in [0, 0.05) is 35.6 Å². The second-order valence-corrected chi connectivity index (χ2v) is 4.63. The van der Waals surface area contributed by atoms with Gasteiger partial charge in [-0.25, -0.2) is 9.97 Å². The van der Waals surface area contributed by atoms with Gasteiger partial charge in [-0.3, -0.25) is 14.7 Å². The number of nitro groups is 1. The van der Waals surface area contributed by atoms with Gasteiger partial charge in [-0.1, -0.05) is 6.92 Å². The van der Waals surface area contributed by atoms with Crippen molar-refractivity contribution in [2.45, 2.75) is 19.8 Å². The Morgan fingerprint density at radius 3 is 2.94 bits per heavy atom. The van der Waals surface area contributed by atoms with Crippen molar-refractivity contribution in [3.63, 3.8) is 0 Å². The Morgan fingerprint density at radius 2 is 2.28 bits per heavy atom. The Morgan fingerprint density at radius 1 is 1.50 bits per heavy atom. The van der Waals surface area contributed by atoms with E-state index in [1.807, 2.05) is 6.92 Å². The summed E-state index contributed by atoms with van der Waals surface area (Å²) in [4.78, 5) is 18.9. The van der Waals surface area contributed by atoms with Gasteiger partial charge < -0.3 is 0 Å². The van der Waals surface area contributed by atoms with Crippen molar-refractivity contribution < 1.29 is 4.92 Å². The lowest BCUT2D eigenvalue weighted by molar-refractivity contribution is -0.385. The van der Waals surface area contributed by atoms with Crippen LogP contribution in [0.4, 0.5) is 5.69 Å². The maximum Gasteiger partial charge on any atom is 0.313 e. The summed E-state index contributed by atoms with van der Waals surface area (Å²) in [6.45, 7) is 2.03. The molecule has 2 heterocycles. The van der Waals surface area contributed by atoms with E-state index in [4.69, 9.17) is 0 Å². The number of aryl methyl sites for hydroxylation is 1. The predicted molar refractivity (Wildman–Crippen MR) is 69.7 cm³/mol. The van der Waals surface area contributed by atoms with Crippen LogP contribution in [0.15, 0.2) is 29.1 Å². The van der Waals surface area contributed by atoms with Crippen LogP contribution < -0.4 is 0 Å². The topological polar surface area (TPSA) is 73.8 Å². The second kappa shape index (κ2) is 5.26. The highest BCUT2D eigenvalue weighted by atomic mass is 79.9. The fraction of sp³-hybridized carbons (Fsp3) is 0.273. The molecule has 2 aromatic rings. The standard InChI is InChI=1S/C11H11BrN4O2/c1-2-3-10-13-4-5-15(10)11-9(16(17)18)6-8(12)7-14-11/h4-7H,2-3H2,1H3. The maximum absolute atomic E-state index is 11.0. The summed E-state index contributed by atoms with van der Waals surface area (Å²) < 4.78 is 2.24. The first-order valence-electron chi connectivity index (χ1n) is 5.46. The molecule has 0 aliphatic carbocycles. The molecule has 0 bridgehead atoms. The molecule has 2 rings (SSSR count). The fourth-order valence-corrected chi connectivity index (χ4v) is 2.00. The Hall–Kier alpha value is -1.76. The largest absolute Gasteiger partial charge is 0.313 e. The molecule has 0 unspecified atom stereocenters. The van der Waals surface area contributed by atoms with Crippen LogP contribution >= 0.6 is 15.9 Å². The van der Waals surface area contributed by atoms with E-state index in [2.05, 4.69) is 25.9 Å². The van der Waals surface area contributed by atoms with Crippen LogP contribution in [0.3, 0.4) is 0 Å². The molecular weight excluding hydrogens is 300 g/mol. The van der Waals surface area contributed by atoms with Crippen LogP contribution in [0.1, 0.15) is 19.2 Å². The number of hydrogen-bond acceptors (Lipinski definition) is 4. The van der Waals surface area contributed by atoms with Crippen LogP contribution in [0, 0.1) is 10.1 Å². The molecule has 0 aliphatic heterocycles. The van der Waals surface area contributed by atoms with Crippen molar-refractivity contribution in [3.05, 3.63) is 45.1 Å². The molecule has 0 amide bonds. The molecule has 18 heavy (non-hydrogen) atoms. The Labute approximate surface area is 112 Å². The molecule has 0 spiro atoms. The molecule has 0 N–H and O–H groups in total. The quantitative estimate of drug-likeness (QED) is 0.643. The number of hydrogen-bond donors (Lipinski definition) is 0. The number of aromatic nitrogens is 3. The lowest BCUT2D eigenvalue weighted by atomic mass is 10.3. The van der Waals surface area contributed by atoms with Crippen molar-refractivity contribution in [3.8, 4) is 5.82 Å². The zero-order valence-corrected chi connectivity index (χ0v) is 11.3. The van der Waals surface area contributed by atoms with E-state index in [0.717, 1.165) is 18.7 Å². The number of imidazole rings is 1. The Balaban J connectivity index is 2.56. The molecule has 0 atom stereocenters. The molecule has 7 heteroatoms. The lowest BCUT2D eigenvalue weighted by Gasteiger charge is -2.06. The van der Waals surface area contributed by atoms with E-state index in [-0.39, 0.29) is 5.69 Å². The molecule has 94 valence electrons. The average molecular weight is 311 g/mol. The number of nitrogens with zero attached hydrogens (tertiary/aromatic N) is 4. The van der Waals surface area contributed by atoms with Crippen LogP contribution in [-0.2, 0) is 6.42 Å². The van der Waals surface area contributed by atoms with E-state index in [9.17, 15) is 10.1 Å². The summed E-state index contributed by atoms with van der Waals surface area (Å²) in [7, 11) is 0. The summed E-state index contributed by atoms with van der Waals surface area (Å²) in [6, 6.07) is 1.44. The maximum atomic E-state index is 11.0. The highest BCUT2D eigenvalue weighted by Gasteiger charge is 2.19. The van der Waals surface area contributed by atoms with Gasteiger partial charge in [-0.2, -0.15) is 0 Å². The molecular formula is C11H11BrN4O2. The van der Waals surface area contributed by atoms with Gasteiger partial charge in [0.1, 0.15) is 5.82 Å². The summed E-state index contributed by atoms with van der Waals surface area (Å²) in [5.74, 6) is 1.07. The van der Waals surface area contributed by atoms with Crippen molar-refractivity contribution in [2.24, 2.45) is 0 Å². The van der Waals surface area contributed by atoms with Crippen molar-refractivity contribution in [1.29, 1.82) is 0 Å². The lowest BCUT2D eigenvalue weighted by Crippen LogP contribution is -2.06. The monoisotopic (exact) mass is 310 g/mol. The van der Waals surface area contributed by atoms with Gasteiger partial charge in [0.05, 0.1) is 4.92 Å². The second-order valence-electron chi connectivity index (χ2n) is 3.72. The molecule has 6 nitrogen and oxygen atoms in total.